The lowest BCUT2D eigenvalue weighted by atomic mass is 9.84. The maximum Gasteiger partial charge on any atom is 0.416 e. The number of carbonyl (C=O) groups excluding carboxylic acids is 1. The van der Waals surface area contributed by atoms with Gasteiger partial charge in [-0.2, -0.15) is 18.4 Å². The summed E-state index contributed by atoms with van der Waals surface area (Å²) < 4.78 is 40.6. The highest BCUT2D eigenvalue weighted by molar-refractivity contribution is 5.98. The minimum absolute atomic E-state index is 0.160. The molecule has 1 aromatic heterocycles. The Morgan fingerprint density at radius 2 is 1.97 bits per heavy atom. The number of urea groups is 1. The Balaban J connectivity index is 1.75. The van der Waals surface area contributed by atoms with Crippen LogP contribution in [0.5, 0.6) is 0 Å². The van der Waals surface area contributed by atoms with Crippen LogP contribution in [0.1, 0.15) is 36.1 Å². The number of nitrogens with zero attached hydrogens (tertiary/aromatic N) is 4. The molecular weight excluding hydrogens is 491 g/mol. The molecule has 0 saturated carbocycles. The predicted octanol–water partition coefficient (Wildman–Crippen LogP) is 6.40. The van der Waals surface area contributed by atoms with Crippen LogP contribution >= 0.6 is 0 Å². The Labute approximate surface area is 218 Å². The minimum atomic E-state index is -4.54. The molecule has 2 amide bonds. The van der Waals surface area contributed by atoms with Gasteiger partial charge in [-0.3, -0.25) is 9.88 Å². The van der Waals surface area contributed by atoms with Crippen molar-refractivity contribution in [1.29, 1.82) is 5.26 Å². The molecule has 5 rings (SSSR count). The molecule has 192 valence electrons. The van der Waals surface area contributed by atoms with Gasteiger partial charge in [-0.25, -0.2) is 4.79 Å². The molecule has 3 aromatic rings. The summed E-state index contributed by atoms with van der Waals surface area (Å²) in [6.07, 6.45) is 1.17. The van der Waals surface area contributed by atoms with Crippen LogP contribution in [-0.2, 0) is 6.18 Å². The van der Waals surface area contributed by atoms with E-state index < -0.39 is 23.8 Å². The summed E-state index contributed by atoms with van der Waals surface area (Å²) in [6.45, 7) is 2.40. The Bertz CT molecular complexity index is 1500. The van der Waals surface area contributed by atoms with E-state index in [9.17, 15) is 23.2 Å². The average molecular weight is 516 g/mol. The van der Waals surface area contributed by atoms with Crippen LogP contribution in [0.15, 0.2) is 90.0 Å². The number of benzene rings is 2. The van der Waals surface area contributed by atoms with Gasteiger partial charge in [0.1, 0.15) is 0 Å². The Hall–Kier alpha value is -4.58. The predicted molar refractivity (Wildman–Crippen MR) is 138 cm³/mol. The quantitative estimate of drug-likeness (QED) is 0.438. The lowest BCUT2D eigenvalue weighted by Crippen LogP contribution is -2.51. The number of likely N-dealkylation sites (N-methyl/N-ethyl adjacent to an activating group) is 1. The maximum absolute atomic E-state index is 13.9. The summed E-state index contributed by atoms with van der Waals surface area (Å²) in [7, 11) is 1.64. The number of hydrogen-bond acceptors (Lipinski definition) is 4. The van der Waals surface area contributed by atoms with E-state index in [1.165, 1.54) is 21.9 Å². The molecule has 3 heterocycles. The molecule has 1 atom stereocenters. The SMILES string of the molecule is CC=C1NCCC2=C1C(c1ccc(C#N)cc1-c1cccnc1)N(C)C(=O)N2c1cccc(C(F)(F)F)c1. The molecule has 38 heavy (non-hydrogen) atoms. The third-order valence-corrected chi connectivity index (χ3v) is 6.87. The molecule has 0 spiro atoms. The number of pyridine rings is 1. The Kier molecular flexibility index (Phi) is 6.41. The van der Waals surface area contributed by atoms with Crippen molar-refractivity contribution in [2.45, 2.75) is 25.6 Å². The molecule has 2 aliphatic heterocycles. The van der Waals surface area contributed by atoms with E-state index in [4.69, 9.17) is 0 Å². The first-order chi connectivity index (χ1) is 18.2. The first-order valence-corrected chi connectivity index (χ1v) is 12.1. The van der Waals surface area contributed by atoms with Crippen molar-refractivity contribution < 1.29 is 18.0 Å². The number of nitriles is 1. The van der Waals surface area contributed by atoms with E-state index in [0.29, 0.717) is 24.2 Å². The molecule has 6 nitrogen and oxygen atoms in total. The summed E-state index contributed by atoms with van der Waals surface area (Å²) >= 11 is 0. The van der Waals surface area contributed by atoms with Crippen LogP contribution in [0.3, 0.4) is 0 Å². The van der Waals surface area contributed by atoms with E-state index in [0.717, 1.165) is 40.1 Å². The number of hydrogen-bond donors (Lipinski definition) is 1. The zero-order valence-corrected chi connectivity index (χ0v) is 20.8. The van der Waals surface area contributed by atoms with Crippen LogP contribution < -0.4 is 10.2 Å². The van der Waals surface area contributed by atoms with Crippen molar-refractivity contribution in [3.8, 4) is 17.2 Å². The topological polar surface area (TPSA) is 72.3 Å². The van der Waals surface area contributed by atoms with Gasteiger partial charge in [-0.05, 0) is 54.4 Å². The largest absolute Gasteiger partial charge is 0.416 e. The number of alkyl halides is 3. The molecule has 0 aliphatic carbocycles. The average Bonchev–Trinajstić information content (AvgIpc) is 2.93. The lowest BCUT2D eigenvalue weighted by Gasteiger charge is -2.46. The third kappa shape index (κ3) is 4.28. The zero-order valence-electron chi connectivity index (χ0n) is 20.8. The van der Waals surface area contributed by atoms with Gasteiger partial charge in [0.25, 0.3) is 0 Å². The highest BCUT2D eigenvalue weighted by Gasteiger charge is 2.43. The van der Waals surface area contributed by atoms with Crippen LogP contribution in [0, 0.1) is 11.3 Å². The van der Waals surface area contributed by atoms with Gasteiger partial charge in [0.05, 0.1) is 28.9 Å². The number of rotatable bonds is 3. The molecule has 2 aromatic carbocycles. The van der Waals surface area contributed by atoms with E-state index in [1.54, 1.807) is 37.6 Å². The summed E-state index contributed by atoms with van der Waals surface area (Å²) in [5.41, 5.74) is 4.37. The molecular formula is C29H24F3N5O. The van der Waals surface area contributed by atoms with Gasteiger partial charge in [0.2, 0.25) is 0 Å². The number of halogens is 3. The minimum Gasteiger partial charge on any atom is -0.385 e. The van der Waals surface area contributed by atoms with E-state index in [-0.39, 0.29) is 5.69 Å². The Morgan fingerprint density at radius 3 is 2.66 bits per heavy atom. The van der Waals surface area contributed by atoms with Crippen LogP contribution in [-0.4, -0.2) is 29.5 Å². The number of anilines is 1. The molecule has 0 bridgehead atoms. The summed E-state index contributed by atoms with van der Waals surface area (Å²) in [4.78, 5) is 21.1. The monoisotopic (exact) mass is 515 g/mol. The van der Waals surface area contributed by atoms with E-state index in [2.05, 4.69) is 16.4 Å². The van der Waals surface area contributed by atoms with Gasteiger partial charge in [-0.15, -0.1) is 0 Å². The van der Waals surface area contributed by atoms with Crippen LogP contribution in [0.2, 0.25) is 0 Å². The van der Waals surface area contributed by atoms with Gasteiger partial charge < -0.3 is 10.2 Å². The van der Waals surface area contributed by atoms with E-state index in [1.807, 2.05) is 25.1 Å². The molecule has 0 fully saturated rings. The first-order valence-electron chi connectivity index (χ1n) is 12.1. The molecule has 1 N–H and O–H groups in total. The van der Waals surface area contributed by atoms with Crippen molar-refractivity contribution in [2.75, 3.05) is 18.5 Å². The van der Waals surface area contributed by atoms with Crippen LogP contribution in [0.25, 0.3) is 11.1 Å². The summed E-state index contributed by atoms with van der Waals surface area (Å²) in [6, 6.07) is 15.0. The van der Waals surface area contributed by atoms with Crippen molar-refractivity contribution in [1.82, 2.24) is 15.2 Å². The number of aromatic nitrogens is 1. The van der Waals surface area contributed by atoms with Crippen molar-refractivity contribution in [3.05, 3.63) is 107 Å². The summed E-state index contributed by atoms with van der Waals surface area (Å²) in [5, 5.41) is 13.0. The number of nitrogens with one attached hydrogen (secondary N) is 1. The van der Waals surface area contributed by atoms with Crippen molar-refractivity contribution >= 4 is 11.7 Å². The second kappa shape index (κ2) is 9.71. The first kappa shape index (κ1) is 25.1. The summed E-state index contributed by atoms with van der Waals surface area (Å²) in [5.74, 6) is 0. The highest BCUT2D eigenvalue weighted by atomic mass is 19.4. The normalized spacial score (nSPS) is 18.8. The standard InChI is InChI=1S/C29H24F3N5O/c1-3-24-26-25(11-13-35-24)37(21-8-4-7-20(15-21)29(30,31)32)28(38)36(2)27(26)22-10-9-18(16-33)14-23(22)19-6-5-12-34-17-19/h3-10,12,14-15,17,27,35H,11,13H2,1-2H3. The number of carbonyl (C=O) groups is 1. The zero-order chi connectivity index (χ0) is 27.0. The van der Waals surface area contributed by atoms with E-state index >= 15 is 0 Å². The van der Waals surface area contributed by atoms with Gasteiger partial charge in [-0.1, -0.05) is 24.3 Å². The van der Waals surface area contributed by atoms with Crippen LogP contribution in [0.4, 0.5) is 23.7 Å². The fourth-order valence-electron chi connectivity index (χ4n) is 5.16. The molecule has 0 saturated heterocycles. The smallest absolute Gasteiger partial charge is 0.385 e. The third-order valence-electron chi connectivity index (χ3n) is 6.87. The lowest BCUT2D eigenvalue weighted by molar-refractivity contribution is -0.137. The molecule has 9 heteroatoms. The highest BCUT2D eigenvalue weighted by Crippen LogP contribution is 2.46. The van der Waals surface area contributed by atoms with Crippen molar-refractivity contribution in [3.63, 3.8) is 0 Å². The van der Waals surface area contributed by atoms with Crippen molar-refractivity contribution in [2.24, 2.45) is 0 Å². The van der Waals surface area contributed by atoms with Gasteiger partial charge in [0.15, 0.2) is 0 Å². The Morgan fingerprint density at radius 1 is 1.16 bits per heavy atom. The van der Waals surface area contributed by atoms with Gasteiger partial charge in [0, 0.05) is 54.9 Å². The fraction of sp³-hybridized carbons (Fsp3) is 0.207. The molecule has 1 unspecified atom stereocenters. The maximum atomic E-state index is 13.9. The number of amides is 2. The number of allylic oxidation sites excluding steroid dienone is 1. The second-order valence-electron chi connectivity index (χ2n) is 9.07. The molecule has 0 radical (unpaired) electrons. The van der Waals surface area contributed by atoms with Gasteiger partial charge >= 0.3 is 12.2 Å². The second-order valence-corrected chi connectivity index (χ2v) is 9.07. The molecule has 2 aliphatic rings. The fourth-order valence-corrected chi connectivity index (χ4v) is 5.16.